The van der Waals surface area contributed by atoms with Gasteiger partial charge in [0.1, 0.15) is 0 Å². The third-order valence-corrected chi connectivity index (χ3v) is 2.72. The maximum absolute atomic E-state index is 5.87. The Morgan fingerprint density at radius 1 is 1.29 bits per heavy atom. The highest BCUT2D eigenvalue weighted by Crippen LogP contribution is 2.21. The first-order valence-electron chi connectivity index (χ1n) is 6.01. The van der Waals surface area contributed by atoms with Crippen molar-refractivity contribution in [3.8, 4) is 0 Å². The Balaban J connectivity index is 2.19. The van der Waals surface area contributed by atoms with Crippen LogP contribution in [0.25, 0.3) is 0 Å². The van der Waals surface area contributed by atoms with Crippen molar-refractivity contribution in [2.45, 2.75) is 65.3 Å². The Morgan fingerprint density at radius 2 is 2.07 bits per heavy atom. The zero-order valence-electron chi connectivity index (χ0n) is 9.79. The summed E-state index contributed by atoms with van der Waals surface area (Å²) in [5.41, 5.74) is 0. The molecular weight excluding hydrogens is 176 g/mol. The van der Waals surface area contributed by atoms with E-state index < -0.39 is 0 Å². The SMILES string of the molecule is CCCCC[C@@H]1CCO[C@@H](C(C)C)O1. The van der Waals surface area contributed by atoms with E-state index in [1.54, 1.807) is 0 Å². The van der Waals surface area contributed by atoms with Gasteiger partial charge in [-0.25, -0.2) is 0 Å². The summed E-state index contributed by atoms with van der Waals surface area (Å²) in [4.78, 5) is 0. The van der Waals surface area contributed by atoms with Crippen LogP contribution in [0.4, 0.5) is 0 Å². The lowest BCUT2D eigenvalue weighted by atomic mass is 10.1. The van der Waals surface area contributed by atoms with Gasteiger partial charge in [-0.1, -0.05) is 40.0 Å². The molecule has 0 amide bonds. The molecule has 1 aliphatic heterocycles. The maximum atomic E-state index is 5.87. The number of unbranched alkanes of at least 4 members (excludes halogenated alkanes) is 2. The normalized spacial score (nSPS) is 28.3. The summed E-state index contributed by atoms with van der Waals surface area (Å²) in [6.07, 6.45) is 6.68. The van der Waals surface area contributed by atoms with E-state index in [4.69, 9.17) is 9.47 Å². The van der Waals surface area contributed by atoms with Crippen molar-refractivity contribution in [2.75, 3.05) is 6.61 Å². The zero-order valence-corrected chi connectivity index (χ0v) is 9.79. The van der Waals surface area contributed by atoms with E-state index in [0.717, 1.165) is 13.0 Å². The number of ether oxygens (including phenoxy) is 2. The molecule has 1 heterocycles. The molecule has 0 aromatic carbocycles. The van der Waals surface area contributed by atoms with Gasteiger partial charge in [0, 0.05) is 5.92 Å². The number of hydrogen-bond acceptors (Lipinski definition) is 2. The molecule has 0 unspecified atom stereocenters. The Morgan fingerprint density at radius 3 is 2.71 bits per heavy atom. The molecule has 0 radical (unpaired) electrons. The largest absolute Gasteiger partial charge is 0.352 e. The van der Waals surface area contributed by atoms with Crippen LogP contribution in [0.5, 0.6) is 0 Å². The molecule has 1 saturated heterocycles. The topological polar surface area (TPSA) is 18.5 Å². The fraction of sp³-hybridized carbons (Fsp3) is 1.00. The van der Waals surface area contributed by atoms with E-state index in [1.807, 2.05) is 0 Å². The third kappa shape index (κ3) is 3.97. The lowest BCUT2D eigenvalue weighted by Crippen LogP contribution is -2.35. The van der Waals surface area contributed by atoms with E-state index in [2.05, 4.69) is 20.8 Å². The van der Waals surface area contributed by atoms with Crippen LogP contribution in [-0.2, 0) is 9.47 Å². The fourth-order valence-electron chi connectivity index (χ4n) is 1.80. The average Bonchev–Trinajstić information content (AvgIpc) is 2.19. The minimum atomic E-state index is 0.0374. The zero-order chi connectivity index (χ0) is 10.4. The van der Waals surface area contributed by atoms with E-state index in [0.29, 0.717) is 12.0 Å². The first-order valence-corrected chi connectivity index (χ1v) is 6.01. The van der Waals surface area contributed by atoms with Crippen LogP contribution in [0.1, 0.15) is 52.9 Å². The Kier molecular flexibility index (Phi) is 5.49. The molecule has 0 aromatic rings. The first kappa shape index (κ1) is 12.0. The second-order valence-corrected chi connectivity index (χ2v) is 4.53. The van der Waals surface area contributed by atoms with Gasteiger partial charge in [-0.15, -0.1) is 0 Å². The molecule has 0 aliphatic carbocycles. The monoisotopic (exact) mass is 200 g/mol. The standard InChI is InChI=1S/C12H24O2/c1-4-5-6-7-11-8-9-13-12(14-11)10(2)3/h10-12H,4-9H2,1-3H3/t11-,12-/m1/s1. The van der Waals surface area contributed by atoms with Crippen molar-refractivity contribution in [3.05, 3.63) is 0 Å². The van der Waals surface area contributed by atoms with Crippen LogP contribution in [-0.4, -0.2) is 19.0 Å². The van der Waals surface area contributed by atoms with Crippen LogP contribution in [0.3, 0.4) is 0 Å². The lowest BCUT2D eigenvalue weighted by molar-refractivity contribution is -0.231. The van der Waals surface area contributed by atoms with Gasteiger partial charge >= 0.3 is 0 Å². The molecule has 1 aliphatic rings. The molecular formula is C12H24O2. The van der Waals surface area contributed by atoms with Crippen LogP contribution < -0.4 is 0 Å². The van der Waals surface area contributed by atoms with Crippen LogP contribution in [0, 0.1) is 5.92 Å². The van der Waals surface area contributed by atoms with Gasteiger partial charge in [-0.05, 0) is 12.8 Å². The van der Waals surface area contributed by atoms with Gasteiger partial charge in [0.2, 0.25) is 0 Å². The lowest BCUT2D eigenvalue weighted by Gasteiger charge is -2.32. The summed E-state index contributed by atoms with van der Waals surface area (Å²) in [5, 5.41) is 0. The second-order valence-electron chi connectivity index (χ2n) is 4.53. The molecule has 0 bridgehead atoms. The van der Waals surface area contributed by atoms with Crippen molar-refractivity contribution in [2.24, 2.45) is 5.92 Å². The van der Waals surface area contributed by atoms with Crippen molar-refractivity contribution in [1.82, 2.24) is 0 Å². The summed E-state index contributed by atoms with van der Waals surface area (Å²) < 4.78 is 11.4. The van der Waals surface area contributed by atoms with Gasteiger partial charge in [0.05, 0.1) is 12.7 Å². The molecule has 1 fully saturated rings. The summed E-state index contributed by atoms with van der Waals surface area (Å²) in [6, 6.07) is 0. The van der Waals surface area contributed by atoms with Crippen molar-refractivity contribution in [1.29, 1.82) is 0 Å². The summed E-state index contributed by atoms with van der Waals surface area (Å²) in [5.74, 6) is 0.476. The second kappa shape index (κ2) is 6.41. The number of hydrogen-bond donors (Lipinski definition) is 0. The highest BCUT2D eigenvalue weighted by molar-refractivity contribution is 4.66. The fourth-order valence-corrected chi connectivity index (χ4v) is 1.80. The predicted molar refractivity (Wildman–Crippen MR) is 58.2 cm³/mol. The minimum absolute atomic E-state index is 0.0374. The highest BCUT2D eigenvalue weighted by atomic mass is 16.7. The van der Waals surface area contributed by atoms with Gasteiger partial charge in [0.25, 0.3) is 0 Å². The van der Waals surface area contributed by atoms with Crippen LogP contribution in [0.2, 0.25) is 0 Å². The molecule has 0 saturated carbocycles. The molecule has 2 atom stereocenters. The highest BCUT2D eigenvalue weighted by Gasteiger charge is 2.24. The molecule has 2 heteroatoms. The van der Waals surface area contributed by atoms with Gasteiger partial charge < -0.3 is 9.47 Å². The first-order chi connectivity index (χ1) is 6.74. The van der Waals surface area contributed by atoms with E-state index in [9.17, 15) is 0 Å². The molecule has 1 rings (SSSR count). The summed E-state index contributed by atoms with van der Waals surface area (Å²) in [6.45, 7) is 7.42. The van der Waals surface area contributed by atoms with Crippen molar-refractivity contribution < 1.29 is 9.47 Å². The predicted octanol–water partition coefficient (Wildman–Crippen LogP) is 3.35. The van der Waals surface area contributed by atoms with Crippen molar-refractivity contribution >= 4 is 0 Å². The van der Waals surface area contributed by atoms with Gasteiger partial charge in [0.15, 0.2) is 6.29 Å². The average molecular weight is 200 g/mol. The molecule has 2 nitrogen and oxygen atoms in total. The van der Waals surface area contributed by atoms with E-state index >= 15 is 0 Å². The van der Waals surface area contributed by atoms with Crippen LogP contribution >= 0.6 is 0 Å². The van der Waals surface area contributed by atoms with E-state index in [1.165, 1.54) is 25.7 Å². The van der Waals surface area contributed by atoms with Gasteiger partial charge in [-0.3, -0.25) is 0 Å². The Labute approximate surface area is 88.0 Å². The Hall–Kier alpha value is -0.0800. The number of rotatable bonds is 5. The van der Waals surface area contributed by atoms with Gasteiger partial charge in [-0.2, -0.15) is 0 Å². The molecule has 0 spiro atoms. The molecule has 0 aromatic heterocycles. The minimum Gasteiger partial charge on any atom is -0.352 e. The molecule has 0 N–H and O–H groups in total. The van der Waals surface area contributed by atoms with E-state index in [-0.39, 0.29) is 6.29 Å². The quantitative estimate of drug-likeness (QED) is 0.634. The Bertz CT molecular complexity index is 145. The summed E-state index contributed by atoms with van der Waals surface area (Å²) in [7, 11) is 0. The van der Waals surface area contributed by atoms with Crippen molar-refractivity contribution in [3.63, 3.8) is 0 Å². The van der Waals surface area contributed by atoms with Crippen LogP contribution in [0.15, 0.2) is 0 Å². The smallest absolute Gasteiger partial charge is 0.160 e. The third-order valence-electron chi connectivity index (χ3n) is 2.72. The molecule has 14 heavy (non-hydrogen) atoms. The molecule has 84 valence electrons. The maximum Gasteiger partial charge on any atom is 0.160 e. The summed E-state index contributed by atoms with van der Waals surface area (Å²) >= 11 is 0.